The normalized spacial score (nSPS) is 19.9. The second-order valence-electron chi connectivity index (χ2n) is 10.6. The van der Waals surface area contributed by atoms with Crippen LogP contribution in [0.4, 0.5) is 5.82 Å². The van der Waals surface area contributed by atoms with E-state index in [0.29, 0.717) is 35.7 Å². The van der Waals surface area contributed by atoms with E-state index >= 15 is 0 Å². The molecule has 3 aliphatic rings. The lowest BCUT2D eigenvalue weighted by Crippen LogP contribution is -2.51. The van der Waals surface area contributed by atoms with Gasteiger partial charge in [-0.25, -0.2) is 27.4 Å². The summed E-state index contributed by atoms with van der Waals surface area (Å²) in [6.45, 7) is 2.33. The van der Waals surface area contributed by atoms with E-state index in [1.165, 1.54) is 16.4 Å². The van der Waals surface area contributed by atoms with Gasteiger partial charge in [-0.1, -0.05) is 48.0 Å². The number of fused-ring (bicyclic) bond motifs is 5. The summed E-state index contributed by atoms with van der Waals surface area (Å²) in [7, 11) is -2.11. The molecule has 0 radical (unpaired) electrons. The van der Waals surface area contributed by atoms with Gasteiger partial charge in [0.15, 0.2) is 11.5 Å². The van der Waals surface area contributed by atoms with Gasteiger partial charge < -0.3 is 4.57 Å². The average Bonchev–Trinajstić information content (AvgIpc) is 3.73. The van der Waals surface area contributed by atoms with Crippen LogP contribution in [0.15, 0.2) is 76.9 Å². The number of hydrogen-bond donors (Lipinski definition) is 0. The number of imidazole rings is 2. The predicted molar refractivity (Wildman–Crippen MR) is 150 cm³/mol. The molecule has 11 heteroatoms. The second kappa shape index (κ2) is 9.16. The molecule has 1 saturated carbocycles. The third-order valence-electron chi connectivity index (χ3n) is 8.09. The quantitative estimate of drug-likeness (QED) is 0.361. The maximum atomic E-state index is 13.8. The van der Waals surface area contributed by atoms with Gasteiger partial charge >= 0.3 is 0 Å². The average molecular weight is 556 g/mol. The lowest BCUT2D eigenvalue weighted by Gasteiger charge is -2.34. The number of aryl methyl sites for hydroxylation is 1. The molecule has 0 spiro atoms. The molecule has 2 atom stereocenters. The highest BCUT2D eigenvalue weighted by Gasteiger charge is 2.49. The summed E-state index contributed by atoms with van der Waals surface area (Å²) in [4.78, 5) is 32.1. The molecule has 7 rings (SSSR count). The first-order chi connectivity index (χ1) is 19.3. The van der Waals surface area contributed by atoms with Gasteiger partial charge in [0.25, 0.3) is 15.9 Å². The van der Waals surface area contributed by atoms with Crippen LogP contribution >= 0.6 is 0 Å². The van der Waals surface area contributed by atoms with Gasteiger partial charge in [0.2, 0.25) is 5.96 Å². The Bertz CT molecular complexity index is 1760. The molecule has 204 valence electrons. The van der Waals surface area contributed by atoms with Crippen LogP contribution in [0, 0.1) is 6.92 Å². The Labute approximate surface area is 232 Å². The van der Waals surface area contributed by atoms with Crippen LogP contribution in [0.2, 0.25) is 0 Å². The van der Waals surface area contributed by atoms with E-state index in [4.69, 9.17) is 9.98 Å². The number of aliphatic imine (C=N–C) groups is 1. The summed E-state index contributed by atoms with van der Waals surface area (Å²) in [6.07, 6.45) is 6.14. The standard InChI is InChI=1S/C29H29N7O3S/c1-19-11-13-21(14-12-19)40(38,39)35-16-15-30-24(35)17-25-32-27-26(34(25)18-20-7-4-3-5-8-20)28(37)33(2)29-31-22-9-6-10-23(22)36(27)29/h3-5,7-8,11-16,22-23H,6,9-10,17-18H2,1-2H3/t22-,23+/m1/s1. The Hall–Kier alpha value is -4.25. The number of carbonyl (C=O) groups is 1. The minimum atomic E-state index is -3.87. The van der Waals surface area contributed by atoms with E-state index in [1.807, 2.05) is 41.8 Å². The van der Waals surface area contributed by atoms with Crippen molar-refractivity contribution in [2.75, 3.05) is 11.9 Å². The monoisotopic (exact) mass is 555 g/mol. The highest BCUT2D eigenvalue weighted by Crippen LogP contribution is 2.41. The van der Waals surface area contributed by atoms with E-state index in [-0.39, 0.29) is 29.3 Å². The number of carbonyl (C=O) groups excluding carboxylic acids is 1. The Balaban J connectivity index is 1.35. The molecule has 2 aromatic heterocycles. The zero-order chi connectivity index (χ0) is 27.6. The molecule has 0 unspecified atom stereocenters. The van der Waals surface area contributed by atoms with Crippen molar-refractivity contribution in [1.29, 1.82) is 0 Å². The van der Waals surface area contributed by atoms with Gasteiger partial charge in [-0.2, -0.15) is 0 Å². The van der Waals surface area contributed by atoms with Gasteiger partial charge in [0, 0.05) is 26.0 Å². The van der Waals surface area contributed by atoms with Crippen LogP contribution in [-0.4, -0.2) is 62.8 Å². The molecule has 2 aliphatic heterocycles. The summed E-state index contributed by atoms with van der Waals surface area (Å²) in [5.41, 5.74) is 2.48. The van der Waals surface area contributed by atoms with Crippen LogP contribution in [-0.2, 0) is 23.0 Å². The lowest BCUT2D eigenvalue weighted by atomic mass is 10.1. The third kappa shape index (κ3) is 3.79. The van der Waals surface area contributed by atoms with Gasteiger partial charge in [0.1, 0.15) is 11.6 Å². The van der Waals surface area contributed by atoms with E-state index in [9.17, 15) is 13.2 Å². The fourth-order valence-corrected chi connectivity index (χ4v) is 7.36. The minimum Gasteiger partial charge on any atom is -0.317 e. The molecule has 4 aromatic rings. The first-order valence-corrected chi connectivity index (χ1v) is 14.9. The van der Waals surface area contributed by atoms with Gasteiger partial charge in [0.05, 0.1) is 23.4 Å². The summed E-state index contributed by atoms with van der Waals surface area (Å²) in [6, 6.07) is 17.0. The van der Waals surface area contributed by atoms with Crippen molar-refractivity contribution in [1.82, 2.24) is 23.4 Å². The van der Waals surface area contributed by atoms with Crippen LogP contribution in [0.25, 0.3) is 0 Å². The van der Waals surface area contributed by atoms with E-state index in [0.717, 1.165) is 30.4 Å². The summed E-state index contributed by atoms with van der Waals surface area (Å²) < 4.78 is 30.3. The first-order valence-electron chi connectivity index (χ1n) is 13.5. The van der Waals surface area contributed by atoms with E-state index in [1.54, 1.807) is 36.2 Å². The number of rotatable bonds is 6. The summed E-state index contributed by atoms with van der Waals surface area (Å²) in [5, 5.41) is 0. The predicted octanol–water partition coefficient (Wildman–Crippen LogP) is 3.45. The molecule has 2 aromatic carbocycles. The van der Waals surface area contributed by atoms with Crippen LogP contribution in [0.1, 0.15) is 52.5 Å². The number of amides is 1. The number of nitrogens with zero attached hydrogens (tertiary/aromatic N) is 7. The highest BCUT2D eigenvalue weighted by atomic mass is 32.2. The van der Waals surface area contributed by atoms with Crippen molar-refractivity contribution in [3.8, 4) is 0 Å². The van der Waals surface area contributed by atoms with Gasteiger partial charge in [-0.05, 0) is 43.9 Å². The fraction of sp³-hybridized carbons (Fsp3) is 0.310. The molecule has 10 nitrogen and oxygen atoms in total. The Morgan fingerprint density at radius 2 is 1.77 bits per heavy atom. The fourth-order valence-electron chi connectivity index (χ4n) is 6.05. The molecule has 0 N–H and O–H groups in total. The topological polar surface area (TPSA) is 106 Å². The minimum absolute atomic E-state index is 0.128. The van der Waals surface area contributed by atoms with Gasteiger partial charge in [-0.15, -0.1) is 0 Å². The second-order valence-corrected chi connectivity index (χ2v) is 12.4. The van der Waals surface area contributed by atoms with Crippen molar-refractivity contribution in [2.24, 2.45) is 4.99 Å². The largest absolute Gasteiger partial charge is 0.317 e. The zero-order valence-electron chi connectivity index (χ0n) is 22.3. The first kappa shape index (κ1) is 24.8. The van der Waals surface area contributed by atoms with Crippen LogP contribution in [0.5, 0.6) is 0 Å². The maximum absolute atomic E-state index is 13.8. The summed E-state index contributed by atoms with van der Waals surface area (Å²) in [5.74, 6) is 1.97. The van der Waals surface area contributed by atoms with Crippen molar-refractivity contribution in [3.63, 3.8) is 0 Å². The number of hydrogen-bond acceptors (Lipinski definition) is 7. The number of anilines is 1. The molecule has 0 bridgehead atoms. The van der Waals surface area contributed by atoms with Crippen molar-refractivity contribution < 1.29 is 13.2 Å². The van der Waals surface area contributed by atoms with Crippen LogP contribution < -0.4 is 4.90 Å². The molecule has 1 fully saturated rings. The van der Waals surface area contributed by atoms with E-state index < -0.39 is 10.0 Å². The van der Waals surface area contributed by atoms with Crippen molar-refractivity contribution in [2.45, 2.75) is 56.1 Å². The Kier molecular flexibility index (Phi) is 5.67. The third-order valence-corrected chi connectivity index (χ3v) is 9.81. The molecule has 0 saturated heterocycles. The molecular formula is C29H29N7O3S. The van der Waals surface area contributed by atoms with Crippen molar-refractivity contribution in [3.05, 3.63) is 95.5 Å². The number of benzene rings is 2. The molecule has 40 heavy (non-hydrogen) atoms. The lowest BCUT2D eigenvalue weighted by molar-refractivity contribution is 0.0854. The van der Waals surface area contributed by atoms with Crippen LogP contribution in [0.3, 0.4) is 0 Å². The Morgan fingerprint density at radius 1 is 1.00 bits per heavy atom. The van der Waals surface area contributed by atoms with Gasteiger partial charge in [-0.3, -0.25) is 14.6 Å². The molecule has 1 aliphatic carbocycles. The SMILES string of the molecule is Cc1ccc(S(=O)(=O)n2ccnc2Cc2nc3c(n2Cc2ccccc2)C(=O)N(C)C2=N[C@@H]4CCC[C@@H]4N23)cc1. The summed E-state index contributed by atoms with van der Waals surface area (Å²) >= 11 is 0. The smallest absolute Gasteiger partial charge is 0.280 e. The highest BCUT2D eigenvalue weighted by molar-refractivity contribution is 7.90. The molecule has 1 amide bonds. The van der Waals surface area contributed by atoms with Crippen molar-refractivity contribution >= 4 is 27.7 Å². The molecular weight excluding hydrogens is 526 g/mol. The number of guanidine groups is 1. The molecule has 4 heterocycles. The van der Waals surface area contributed by atoms with E-state index in [2.05, 4.69) is 9.88 Å². The number of aromatic nitrogens is 4. The zero-order valence-corrected chi connectivity index (χ0v) is 23.1. The Morgan fingerprint density at radius 3 is 2.55 bits per heavy atom. The maximum Gasteiger partial charge on any atom is 0.280 e.